The average molecular weight is 470 g/mol. The van der Waals surface area contributed by atoms with Crippen LogP contribution in [0.1, 0.15) is 27.0 Å². The Morgan fingerprint density at radius 1 is 0.719 bits per heavy atom. The summed E-state index contributed by atoms with van der Waals surface area (Å²) in [5.41, 5.74) is 1.93. The minimum atomic E-state index is -4.32. The highest BCUT2D eigenvalue weighted by molar-refractivity contribution is 7.90. The van der Waals surface area contributed by atoms with E-state index in [9.17, 15) is 21.6 Å². The van der Waals surface area contributed by atoms with Gasteiger partial charge in [0.25, 0.3) is 15.9 Å². The zero-order valence-electron chi connectivity index (χ0n) is 17.2. The molecule has 1 aliphatic heterocycles. The lowest BCUT2D eigenvalue weighted by Gasteiger charge is -2.18. The van der Waals surface area contributed by atoms with Crippen molar-refractivity contribution in [3.63, 3.8) is 0 Å². The lowest BCUT2D eigenvalue weighted by atomic mass is 10.1. The molecule has 1 aliphatic rings. The molecule has 32 heavy (non-hydrogen) atoms. The predicted molar refractivity (Wildman–Crippen MR) is 118 cm³/mol. The average Bonchev–Trinajstić information content (AvgIpc) is 3.06. The van der Waals surface area contributed by atoms with E-state index in [0.29, 0.717) is 4.31 Å². The number of benzene rings is 3. The van der Waals surface area contributed by atoms with Gasteiger partial charge in [-0.3, -0.25) is 4.79 Å². The Kier molecular flexibility index (Phi) is 5.39. The first-order valence-corrected chi connectivity index (χ1v) is 12.4. The van der Waals surface area contributed by atoms with Crippen LogP contribution in [0.25, 0.3) is 5.70 Å². The number of carbonyl (C=O) groups excluding carboxylic acids is 1. The third kappa shape index (κ3) is 3.80. The summed E-state index contributed by atoms with van der Waals surface area (Å²) >= 11 is 0. The SMILES string of the molecule is Cc1ccc(S(=O)(=O)O/C=C2\c3ccccc3C(=O)N2S(=O)(=O)c2ccc(C)cc2)cc1. The van der Waals surface area contributed by atoms with Crippen molar-refractivity contribution in [2.24, 2.45) is 0 Å². The zero-order valence-corrected chi connectivity index (χ0v) is 18.9. The molecule has 164 valence electrons. The van der Waals surface area contributed by atoms with Crippen LogP contribution in [0.15, 0.2) is 88.8 Å². The molecule has 7 nitrogen and oxygen atoms in total. The molecule has 0 aliphatic carbocycles. The second-order valence-corrected chi connectivity index (χ2v) is 10.7. The van der Waals surface area contributed by atoms with Gasteiger partial charge in [-0.05, 0) is 44.2 Å². The topological polar surface area (TPSA) is 97.8 Å². The van der Waals surface area contributed by atoms with E-state index in [1.165, 1.54) is 36.4 Å². The molecular weight excluding hydrogens is 450 g/mol. The Hall–Kier alpha value is -3.43. The molecule has 9 heteroatoms. The lowest BCUT2D eigenvalue weighted by Crippen LogP contribution is -2.31. The van der Waals surface area contributed by atoms with Gasteiger partial charge in [-0.1, -0.05) is 53.6 Å². The van der Waals surface area contributed by atoms with E-state index in [1.807, 2.05) is 13.8 Å². The highest BCUT2D eigenvalue weighted by Crippen LogP contribution is 2.37. The molecule has 0 radical (unpaired) electrons. The van der Waals surface area contributed by atoms with Crippen molar-refractivity contribution in [3.05, 3.63) is 101 Å². The van der Waals surface area contributed by atoms with Crippen LogP contribution in [0.5, 0.6) is 0 Å². The van der Waals surface area contributed by atoms with Crippen molar-refractivity contribution in [1.82, 2.24) is 4.31 Å². The number of aryl methyl sites for hydroxylation is 2. The summed E-state index contributed by atoms with van der Waals surface area (Å²) in [6.45, 7) is 3.62. The van der Waals surface area contributed by atoms with Crippen LogP contribution in [0, 0.1) is 13.8 Å². The van der Waals surface area contributed by atoms with Crippen molar-refractivity contribution in [1.29, 1.82) is 0 Å². The highest BCUT2D eigenvalue weighted by atomic mass is 32.2. The van der Waals surface area contributed by atoms with Crippen molar-refractivity contribution in [2.45, 2.75) is 23.6 Å². The molecule has 4 rings (SSSR count). The number of hydrogen-bond acceptors (Lipinski definition) is 6. The van der Waals surface area contributed by atoms with Crippen LogP contribution >= 0.6 is 0 Å². The van der Waals surface area contributed by atoms with Gasteiger partial charge in [0.05, 0.1) is 10.5 Å². The Balaban J connectivity index is 1.80. The van der Waals surface area contributed by atoms with Crippen molar-refractivity contribution in [3.8, 4) is 0 Å². The maximum absolute atomic E-state index is 13.3. The molecule has 1 heterocycles. The summed E-state index contributed by atoms with van der Waals surface area (Å²) in [6, 6.07) is 18.2. The van der Waals surface area contributed by atoms with Crippen LogP contribution in [0.2, 0.25) is 0 Å². The van der Waals surface area contributed by atoms with Crippen LogP contribution in [0.4, 0.5) is 0 Å². The fourth-order valence-electron chi connectivity index (χ4n) is 3.26. The highest BCUT2D eigenvalue weighted by Gasteiger charge is 2.41. The lowest BCUT2D eigenvalue weighted by molar-refractivity contribution is 0.0916. The fraction of sp³-hybridized carbons (Fsp3) is 0.0870. The molecule has 0 bridgehead atoms. The van der Waals surface area contributed by atoms with Crippen molar-refractivity contribution >= 4 is 31.7 Å². The first-order valence-electron chi connectivity index (χ1n) is 9.57. The first-order chi connectivity index (χ1) is 15.1. The first kappa shape index (κ1) is 21.8. The Labute approximate surface area is 186 Å². The maximum Gasteiger partial charge on any atom is 0.338 e. The molecular formula is C23H19NO6S2. The number of carbonyl (C=O) groups is 1. The van der Waals surface area contributed by atoms with Gasteiger partial charge in [0.15, 0.2) is 0 Å². The number of rotatable bonds is 5. The van der Waals surface area contributed by atoms with E-state index in [4.69, 9.17) is 4.18 Å². The third-order valence-electron chi connectivity index (χ3n) is 4.99. The van der Waals surface area contributed by atoms with E-state index in [2.05, 4.69) is 0 Å². The van der Waals surface area contributed by atoms with Crippen molar-refractivity contribution < 1.29 is 25.8 Å². The van der Waals surface area contributed by atoms with Crippen molar-refractivity contribution in [2.75, 3.05) is 0 Å². The van der Waals surface area contributed by atoms with E-state index >= 15 is 0 Å². The van der Waals surface area contributed by atoms with Gasteiger partial charge in [0.1, 0.15) is 16.9 Å². The molecule has 0 atom stereocenters. The summed E-state index contributed by atoms with van der Waals surface area (Å²) in [4.78, 5) is 12.8. The fourth-order valence-corrected chi connectivity index (χ4v) is 5.46. The quantitative estimate of drug-likeness (QED) is 0.416. The maximum atomic E-state index is 13.3. The number of sulfonamides is 1. The van der Waals surface area contributed by atoms with Gasteiger partial charge in [-0.15, -0.1) is 0 Å². The smallest absolute Gasteiger partial charge is 0.338 e. The van der Waals surface area contributed by atoms with E-state index in [-0.39, 0.29) is 26.6 Å². The minimum Gasteiger partial charge on any atom is -0.385 e. The molecule has 0 spiro atoms. The normalized spacial score (nSPS) is 15.1. The molecule has 0 N–H and O–H groups in total. The Morgan fingerprint density at radius 2 is 1.22 bits per heavy atom. The summed E-state index contributed by atoms with van der Waals surface area (Å²) < 4.78 is 57.6. The van der Waals surface area contributed by atoms with Crippen LogP contribution in [-0.4, -0.2) is 27.0 Å². The van der Waals surface area contributed by atoms with E-state index in [1.54, 1.807) is 36.4 Å². The molecule has 0 unspecified atom stereocenters. The Bertz CT molecular complexity index is 1440. The summed E-state index contributed by atoms with van der Waals surface area (Å²) in [7, 11) is -8.55. The molecule has 3 aromatic carbocycles. The van der Waals surface area contributed by atoms with Crippen LogP contribution < -0.4 is 0 Å². The van der Waals surface area contributed by atoms with E-state index < -0.39 is 26.0 Å². The van der Waals surface area contributed by atoms with Gasteiger partial charge < -0.3 is 4.18 Å². The number of hydrogen-bond donors (Lipinski definition) is 0. The second-order valence-electron chi connectivity index (χ2n) is 7.30. The predicted octanol–water partition coefficient (Wildman–Crippen LogP) is 3.85. The molecule has 3 aromatic rings. The van der Waals surface area contributed by atoms with Gasteiger partial charge >= 0.3 is 10.1 Å². The number of fused-ring (bicyclic) bond motifs is 1. The standard InChI is InChI=1S/C23H19NO6S2/c1-16-7-11-18(12-8-16)31(26,27)24-22(20-5-3-4-6-21(20)23(24)25)15-30-32(28,29)19-13-9-17(2)10-14-19/h3-15H,1-2H3/b22-15+. The molecule has 1 amide bonds. The van der Waals surface area contributed by atoms with Gasteiger partial charge in [-0.25, -0.2) is 8.42 Å². The van der Waals surface area contributed by atoms with Crippen LogP contribution in [-0.2, 0) is 24.3 Å². The minimum absolute atomic E-state index is 0.0921. The monoisotopic (exact) mass is 469 g/mol. The number of nitrogens with zero attached hydrogens (tertiary/aromatic N) is 1. The molecule has 0 aromatic heterocycles. The van der Waals surface area contributed by atoms with Gasteiger partial charge in [0, 0.05) is 5.56 Å². The molecule has 0 fully saturated rings. The molecule has 0 saturated carbocycles. The zero-order chi connectivity index (χ0) is 23.1. The Morgan fingerprint density at radius 3 is 1.78 bits per heavy atom. The largest absolute Gasteiger partial charge is 0.385 e. The summed E-state index contributed by atoms with van der Waals surface area (Å²) in [6.07, 6.45) is 0.796. The second kappa shape index (κ2) is 7.92. The molecule has 0 saturated heterocycles. The van der Waals surface area contributed by atoms with E-state index in [0.717, 1.165) is 17.4 Å². The summed E-state index contributed by atoms with van der Waals surface area (Å²) in [5, 5.41) is 0. The van der Waals surface area contributed by atoms with Gasteiger partial charge in [-0.2, -0.15) is 12.7 Å². The number of amides is 1. The van der Waals surface area contributed by atoms with Gasteiger partial charge in [0.2, 0.25) is 0 Å². The van der Waals surface area contributed by atoms with Crippen LogP contribution in [0.3, 0.4) is 0 Å². The third-order valence-corrected chi connectivity index (χ3v) is 7.90. The summed E-state index contributed by atoms with van der Waals surface area (Å²) in [5.74, 6) is -0.788.